The van der Waals surface area contributed by atoms with Gasteiger partial charge in [0.05, 0.1) is 13.2 Å². The van der Waals surface area contributed by atoms with E-state index in [0.717, 1.165) is 11.1 Å². The maximum Gasteiger partial charge on any atom is 0.325 e. The molecule has 2 aromatic rings. The summed E-state index contributed by atoms with van der Waals surface area (Å²) in [5.74, 6) is -0.229. The number of hydrogen-bond acceptors (Lipinski definition) is 3. The summed E-state index contributed by atoms with van der Waals surface area (Å²) in [6.45, 7) is 3.03. The quantitative estimate of drug-likeness (QED) is 0.624. The molecule has 25 heavy (non-hydrogen) atoms. The standard InChI is InChI=1S/C20H22N2O3/c1-2-25-14-13-22-18(23)20(21-19(22)24,17-11-7-4-8-12-17)15-16-9-5-3-6-10-16/h3-12H,2,13-15H2,1H3,(H,21,24)/t20-/m1/s1. The van der Waals surface area contributed by atoms with Crippen molar-refractivity contribution >= 4 is 11.9 Å². The van der Waals surface area contributed by atoms with Crippen LogP contribution in [-0.4, -0.2) is 36.6 Å². The number of carbonyl (C=O) groups excluding carboxylic acids is 2. The van der Waals surface area contributed by atoms with Gasteiger partial charge < -0.3 is 10.1 Å². The molecule has 5 heteroatoms. The van der Waals surface area contributed by atoms with Crippen molar-refractivity contribution in [1.29, 1.82) is 0 Å². The molecule has 0 spiro atoms. The summed E-state index contributed by atoms with van der Waals surface area (Å²) in [7, 11) is 0. The van der Waals surface area contributed by atoms with Gasteiger partial charge in [0.1, 0.15) is 0 Å². The SMILES string of the molecule is CCOCCN1C(=O)N[C@](Cc2ccccc2)(c2ccccc2)C1=O. The third-order valence-electron chi connectivity index (χ3n) is 4.42. The Balaban J connectivity index is 1.95. The molecule has 1 aliphatic heterocycles. The highest BCUT2D eigenvalue weighted by molar-refractivity contribution is 6.07. The zero-order valence-electron chi connectivity index (χ0n) is 14.3. The van der Waals surface area contributed by atoms with Gasteiger partial charge in [0.15, 0.2) is 5.54 Å². The Morgan fingerprint density at radius 2 is 1.64 bits per heavy atom. The summed E-state index contributed by atoms with van der Waals surface area (Å²) < 4.78 is 5.31. The Kier molecular flexibility index (Phi) is 5.14. The second-order valence-electron chi connectivity index (χ2n) is 6.02. The molecule has 3 amide bonds. The van der Waals surface area contributed by atoms with E-state index in [2.05, 4.69) is 5.32 Å². The minimum absolute atomic E-state index is 0.229. The van der Waals surface area contributed by atoms with Crippen molar-refractivity contribution in [3.05, 3.63) is 71.8 Å². The molecule has 0 radical (unpaired) electrons. The van der Waals surface area contributed by atoms with Crippen LogP contribution >= 0.6 is 0 Å². The largest absolute Gasteiger partial charge is 0.380 e. The minimum atomic E-state index is -1.08. The van der Waals surface area contributed by atoms with Gasteiger partial charge >= 0.3 is 6.03 Å². The highest BCUT2D eigenvalue weighted by atomic mass is 16.5. The molecular formula is C20H22N2O3. The summed E-state index contributed by atoms with van der Waals surface area (Å²) in [5.41, 5.74) is 0.703. The number of urea groups is 1. The summed E-state index contributed by atoms with van der Waals surface area (Å²) in [4.78, 5) is 27.0. The number of carbonyl (C=O) groups is 2. The lowest BCUT2D eigenvalue weighted by Crippen LogP contribution is -2.46. The number of nitrogens with zero attached hydrogens (tertiary/aromatic N) is 1. The van der Waals surface area contributed by atoms with E-state index in [4.69, 9.17) is 4.74 Å². The van der Waals surface area contributed by atoms with Gasteiger partial charge in [-0.15, -0.1) is 0 Å². The Morgan fingerprint density at radius 3 is 2.28 bits per heavy atom. The molecule has 0 aliphatic carbocycles. The molecule has 0 saturated carbocycles. The van der Waals surface area contributed by atoms with E-state index < -0.39 is 5.54 Å². The van der Waals surface area contributed by atoms with Crippen molar-refractivity contribution in [3.8, 4) is 0 Å². The van der Waals surface area contributed by atoms with Crippen molar-refractivity contribution in [1.82, 2.24) is 10.2 Å². The first-order chi connectivity index (χ1) is 12.2. The van der Waals surface area contributed by atoms with Crippen LogP contribution < -0.4 is 5.32 Å². The zero-order chi connectivity index (χ0) is 17.7. The average molecular weight is 338 g/mol. The number of imide groups is 1. The molecule has 1 atom stereocenters. The molecule has 1 fully saturated rings. The van der Waals surface area contributed by atoms with Crippen LogP contribution in [0.4, 0.5) is 4.79 Å². The minimum Gasteiger partial charge on any atom is -0.380 e. The van der Waals surface area contributed by atoms with Crippen LogP contribution in [0.3, 0.4) is 0 Å². The first kappa shape index (κ1) is 17.2. The Morgan fingerprint density at radius 1 is 1.00 bits per heavy atom. The fourth-order valence-corrected chi connectivity index (χ4v) is 3.17. The number of rotatable bonds is 7. The monoisotopic (exact) mass is 338 g/mol. The van der Waals surface area contributed by atoms with E-state index in [0.29, 0.717) is 19.6 Å². The predicted octanol–water partition coefficient (Wildman–Crippen LogP) is 2.71. The van der Waals surface area contributed by atoms with Crippen LogP contribution in [0.1, 0.15) is 18.1 Å². The van der Waals surface area contributed by atoms with Crippen LogP contribution in [0.15, 0.2) is 60.7 Å². The van der Waals surface area contributed by atoms with Gasteiger partial charge in [0.2, 0.25) is 0 Å². The average Bonchev–Trinajstić information content (AvgIpc) is 2.88. The fraction of sp³-hybridized carbons (Fsp3) is 0.300. The Labute approximate surface area is 147 Å². The first-order valence-electron chi connectivity index (χ1n) is 8.48. The number of ether oxygens (including phenoxy) is 1. The van der Waals surface area contributed by atoms with E-state index in [-0.39, 0.29) is 18.5 Å². The van der Waals surface area contributed by atoms with E-state index in [1.807, 2.05) is 67.6 Å². The number of benzene rings is 2. The van der Waals surface area contributed by atoms with E-state index in [9.17, 15) is 9.59 Å². The summed E-state index contributed by atoms with van der Waals surface area (Å²) in [6.07, 6.45) is 0.410. The topological polar surface area (TPSA) is 58.6 Å². The smallest absolute Gasteiger partial charge is 0.325 e. The maximum absolute atomic E-state index is 13.2. The third-order valence-corrected chi connectivity index (χ3v) is 4.42. The van der Waals surface area contributed by atoms with Crippen molar-refractivity contribution in [2.45, 2.75) is 18.9 Å². The molecule has 130 valence electrons. The number of hydrogen-bond donors (Lipinski definition) is 1. The van der Waals surface area contributed by atoms with Crippen molar-refractivity contribution in [3.63, 3.8) is 0 Å². The van der Waals surface area contributed by atoms with Gasteiger partial charge in [-0.3, -0.25) is 9.69 Å². The second kappa shape index (κ2) is 7.49. The van der Waals surface area contributed by atoms with Crippen molar-refractivity contribution < 1.29 is 14.3 Å². The van der Waals surface area contributed by atoms with Crippen LogP contribution in [-0.2, 0) is 21.5 Å². The van der Waals surface area contributed by atoms with Crippen molar-refractivity contribution in [2.75, 3.05) is 19.8 Å². The van der Waals surface area contributed by atoms with E-state index in [1.54, 1.807) is 0 Å². The molecule has 1 aliphatic rings. The molecule has 3 rings (SSSR count). The second-order valence-corrected chi connectivity index (χ2v) is 6.02. The number of amides is 3. The van der Waals surface area contributed by atoms with Gasteiger partial charge in [-0.2, -0.15) is 0 Å². The summed E-state index contributed by atoms with van der Waals surface area (Å²) >= 11 is 0. The fourth-order valence-electron chi connectivity index (χ4n) is 3.17. The van der Waals surface area contributed by atoms with Crippen LogP contribution in [0.5, 0.6) is 0 Å². The lowest BCUT2D eigenvalue weighted by molar-refractivity contribution is -0.132. The van der Waals surface area contributed by atoms with Gasteiger partial charge in [-0.25, -0.2) is 4.79 Å². The van der Waals surface area contributed by atoms with E-state index in [1.165, 1.54) is 4.90 Å². The van der Waals surface area contributed by atoms with Gasteiger partial charge in [0, 0.05) is 13.0 Å². The Bertz CT molecular complexity index is 733. The summed E-state index contributed by atoms with van der Waals surface area (Å²) in [6, 6.07) is 18.8. The zero-order valence-corrected chi connectivity index (χ0v) is 14.3. The molecule has 0 unspecified atom stereocenters. The molecular weight excluding hydrogens is 316 g/mol. The molecule has 2 aromatic carbocycles. The van der Waals surface area contributed by atoms with Gasteiger partial charge in [-0.05, 0) is 18.1 Å². The lowest BCUT2D eigenvalue weighted by atomic mass is 9.83. The van der Waals surface area contributed by atoms with Crippen LogP contribution in [0.25, 0.3) is 0 Å². The normalized spacial score (nSPS) is 20.0. The lowest BCUT2D eigenvalue weighted by Gasteiger charge is -2.27. The highest BCUT2D eigenvalue weighted by Crippen LogP contribution is 2.32. The molecule has 1 heterocycles. The van der Waals surface area contributed by atoms with Crippen LogP contribution in [0, 0.1) is 0 Å². The first-order valence-corrected chi connectivity index (χ1v) is 8.48. The predicted molar refractivity (Wildman–Crippen MR) is 95.0 cm³/mol. The number of nitrogens with one attached hydrogen (secondary N) is 1. The molecule has 0 bridgehead atoms. The highest BCUT2D eigenvalue weighted by Gasteiger charge is 2.52. The van der Waals surface area contributed by atoms with Crippen LogP contribution in [0.2, 0.25) is 0 Å². The Hall–Kier alpha value is -2.66. The van der Waals surface area contributed by atoms with E-state index >= 15 is 0 Å². The molecule has 0 aromatic heterocycles. The molecule has 5 nitrogen and oxygen atoms in total. The molecule has 1 N–H and O–H groups in total. The summed E-state index contributed by atoms with van der Waals surface area (Å²) in [5, 5.41) is 2.94. The maximum atomic E-state index is 13.2. The van der Waals surface area contributed by atoms with Gasteiger partial charge in [-0.1, -0.05) is 60.7 Å². The third kappa shape index (κ3) is 3.42. The van der Waals surface area contributed by atoms with Crippen molar-refractivity contribution in [2.24, 2.45) is 0 Å². The van der Waals surface area contributed by atoms with Gasteiger partial charge in [0.25, 0.3) is 5.91 Å². The molecule has 1 saturated heterocycles.